The number of aryl methyl sites for hydroxylation is 2. The Balaban J connectivity index is 2.40. The summed E-state index contributed by atoms with van der Waals surface area (Å²) in [5, 5.41) is 8.34. The molecule has 0 aliphatic rings. The predicted molar refractivity (Wildman–Crippen MR) is 77.2 cm³/mol. The van der Waals surface area contributed by atoms with Gasteiger partial charge in [0.05, 0.1) is 5.84 Å². The van der Waals surface area contributed by atoms with Crippen molar-refractivity contribution < 1.29 is 0 Å². The van der Waals surface area contributed by atoms with Crippen molar-refractivity contribution in [3.8, 4) is 0 Å². The van der Waals surface area contributed by atoms with Gasteiger partial charge < -0.3 is 5.73 Å². The van der Waals surface area contributed by atoms with Gasteiger partial charge in [0.1, 0.15) is 0 Å². The van der Waals surface area contributed by atoms with Gasteiger partial charge in [-0.1, -0.05) is 25.6 Å². The molecule has 0 atom stereocenters. The van der Waals surface area contributed by atoms with Crippen LogP contribution in [0.5, 0.6) is 0 Å². The van der Waals surface area contributed by atoms with Crippen LogP contribution >= 0.6 is 11.8 Å². The Bertz CT molecular complexity index is 409. The van der Waals surface area contributed by atoms with Crippen molar-refractivity contribution in [3.63, 3.8) is 0 Å². The van der Waals surface area contributed by atoms with E-state index in [0.29, 0.717) is 0 Å². The summed E-state index contributed by atoms with van der Waals surface area (Å²) in [6.07, 6.45) is 1.92. The van der Waals surface area contributed by atoms with E-state index in [0.717, 1.165) is 35.1 Å². The number of hydrogen-bond acceptors (Lipinski definition) is 4. The molecule has 4 nitrogen and oxygen atoms in total. The minimum Gasteiger partial charge on any atom is -0.387 e. The first-order valence-corrected chi connectivity index (χ1v) is 7.09. The van der Waals surface area contributed by atoms with Crippen LogP contribution in [0.3, 0.4) is 0 Å². The van der Waals surface area contributed by atoms with E-state index in [2.05, 4.69) is 9.97 Å². The average molecular weight is 266 g/mol. The average Bonchev–Trinajstić information content (AvgIpc) is 2.23. The van der Waals surface area contributed by atoms with Gasteiger partial charge in [-0.2, -0.15) is 0 Å². The summed E-state index contributed by atoms with van der Waals surface area (Å²) >= 11 is 1.67. The summed E-state index contributed by atoms with van der Waals surface area (Å²) in [7, 11) is 0. The Hall–Kier alpha value is -1.10. The van der Waals surface area contributed by atoms with Crippen molar-refractivity contribution in [2.75, 3.05) is 5.75 Å². The van der Waals surface area contributed by atoms with Crippen molar-refractivity contribution in [2.24, 2.45) is 11.1 Å². The maximum absolute atomic E-state index is 7.50. The van der Waals surface area contributed by atoms with E-state index in [1.807, 2.05) is 33.8 Å². The summed E-state index contributed by atoms with van der Waals surface area (Å²) < 4.78 is 0. The fourth-order valence-corrected chi connectivity index (χ4v) is 2.46. The van der Waals surface area contributed by atoms with Gasteiger partial charge in [-0.15, -0.1) is 0 Å². The molecule has 0 saturated heterocycles. The zero-order valence-electron chi connectivity index (χ0n) is 11.6. The summed E-state index contributed by atoms with van der Waals surface area (Å²) in [6.45, 7) is 7.98. The van der Waals surface area contributed by atoms with E-state index in [9.17, 15) is 0 Å². The standard InChI is InChI=1S/C13H22N4S/c1-9-8-10(2)17-12(16-9)18-7-5-6-13(3,4)11(14)15/h8H,5-7H2,1-4H3,(H3,14,15). The third kappa shape index (κ3) is 4.64. The van der Waals surface area contributed by atoms with Crippen LogP contribution in [0.1, 0.15) is 38.1 Å². The zero-order chi connectivity index (χ0) is 13.8. The highest BCUT2D eigenvalue weighted by molar-refractivity contribution is 7.99. The smallest absolute Gasteiger partial charge is 0.187 e. The molecule has 0 bridgehead atoms. The Labute approximate surface area is 113 Å². The van der Waals surface area contributed by atoms with Crippen molar-refractivity contribution in [1.82, 2.24) is 9.97 Å². The van der Waals surface area contributed by atoms with E-state index < -0.39 is 0 Å². The van der Waals surface area contributed by atoms with E-state index in [4.69, 9.17) is 11.1 Å². The zero-order valence-corrected chi connectivity index (χ0v) is 12.4. The Morgan fingerprint density at radius 3 is 2.39 bits per heavy atom. The van der Waals surface area contributed by atoms with Crippen LogP contribution in [0.25, 0.3) is 0 Å². The molecule has 1 rings (SSSR count). The molecule has 0 amide bonds. The van der Waals surface area contributed by atoms with Gasteiger partial charge in [0, 0.05) is 22.6 Å². The summed E-state index contributed by atoms with van der Waals surface area (Å²) in [5.74, 6) is 1.22. The van der Waals surface area contributed by atoms with Crippen LogP contribution in [0.2, 0.25) is 0 Å². The van der Waals surface area contributed by atoms with Crippen molar-refractivity contribution >= 4 is 17.6 Å². The topological polar surface area (TPSA) is 75.7 Å². The second-order valence-electron chi connectivity index (χ2n) is 5.18. The van der Waals surface area contributed by atoms with Crippen LogP contribution in [-0.4, -0.2) is 21.6 Å². The molecule has 0 spiro atoms. The molecule has 0 fully saturated rings. The molecule has 0 unspecified atom stereocenters. The van der Waals surface area contributed by atoms with Crippen molar-refractivity contribution in [1.29, 1.82) is 5.41 Å². The fraction of sp³-hybridized carbons (Fsp3) is 0.615. The van der Waals surface area contributed by atoms with Crippen molar-refractivity contribution in [2.45, 2.75) is 45.7 Å². The first-order chi connectivity index (χ1) is 8.31. The molecular formula is C13H22N4S. The molecule has 1 heterocycles. The Morgan fingerprint density at radius 2 is 1.89 bits per heavy atom. The van der Waals surface area contributed by atoms with Gasteiger partial charge in [0.2, 0.25) is 0 Å². The highest BCUT2D eigenvalue weighted by Crippen LogP contribution is 2.24. The molecule has 5 heteroatoms. The number of amidine groups is 1. The number of nitrogens with zero attached hydrogens (tertiary/aromatic N) is 2. The van der Waals surface area contributed by atoms with Crippen molar-refractivity contribution in [3.05, 3.63) is 17.5 Å². The number of rotatable bonds is 6. The lowest BCUT2D eigenvalue weighted by molar-refractivity contribution is 0.464. The second kappa shape index (κ2) is 6.18. The molecule has 0 aliphatic heterocycles. The SMILES string of the molecule is Cc1cc(C)nc(SCCCC(C)(C)C(=N)N)n1. The summed E-state index contributed by atoms with van der Waals surface area (Å²) in [6, 6.07) is 1.98. The minimum absolute atomic E-state index is 0.204. The molecule has 18 heavy (non-hydrogen) atoms. The van der Waals surface area contributed by atoms with E-state index in [1.54, 1.807) is 11.8 Å². The number of thioether (sulfide) groups is 1. The maximum atomic E-state index is 7.50. The molecule has 0 saturated carbocycles. The fourth-order valence-electron chi connectivity index (χ4n) is 1.57. The normalized spacial score (nSPS) is 11.6. The van der Waals surface area contributed by atoms with Gasteiger partial charge in [0.25, 0.3) is 0 Å². The van der Waals surface area contributed by atoms with Crippen LogP contribution in [0.15, 0.2) is 11.2 Å². The number of aromatic nitrogens is 2. The molecule has 0 radical (unpaired) electrons. The number of nitrogens with two attached hydrogens (primary N) is 1. The molecular weight excluding hydrogens is 244 g/mol. The number of nitrogens with one attached hydrogen (secondary N) is 1. The predicted octanol–water partition coefficient (Wildman–Crippen LogP) is 2.93. The lowest BCUT2D eigenvalue weighted by Gasteiger charge is -2.22. The van der Waals surface area contributed by atoms with E-state index in [-0.39, 0.29) is 11.3 Å². The molecule has 1 aromatic heterocycles. The van der Waals surface area contributed by atoms with Gasteiger partial charge >= 0.3 is 0 Å². The van der Waals surface area contributed by atoms with E-state index in [1.165, 1.54) is 0 Å². The van der Waals surface area contributed by atoms with Crippen LogP contribution < -0.4 is 5.73 Å². The molecule has 100 valence electrons. The highest BCUT2D eigenvalue weighted by Gasteiger charge is 2.20. The van der Waals surface area contributed by atoms with Crippen LogP contribution in [0, 0.1) is 24.7 Å². The minimum atomic E-state index is -0.204. The molecule has 0 aliphatic carbocycles. The van der Waals surface area contributed by atoms with Crippen LogP contribution in [0.4, 0.5) is 0 Å². The van der Waals surface area contributed by atoms with Gasteiger partial charge in [-0.3, -0.25) is 5.41 Å². The third-order valence-corrected chi connectivity index (χ3v) is 3.80. The monoisotopic (exact) mass is 266 g/mol. The van der Waals surface area contributed by atoms with E-state index >= 15 is 0 Å². The van der Waals surface area contributed by atoms with Gasteiger partial charge in [-0.25, -0.2) is 9.97 Å². The quantitative estimate of drug-likeness (QED) is 0.273. The largest absolute Gasteiger partial charge is 0.387 e. The first-order valence-electron chi connectivity index (χ1n) is 6.11. The van der Waals surface area contributed by atoms with Crippen LogP contribution in [-0.2, 0) is 0 Å². The second-order valence-corrected chi connectivity index (χ2v) is 6.24. The molecule has 0 aromatic carbocycles. The first kappa shape index (κ1) is 15.0. The summed E-state index contributed by atoms with van der Waals surface area (Å²) in [4.78, 5) is 8.78. The highest BCUT2D eigenvalue weighted by atomic mass is 32.2. The Kier molecular flexibility index (Phi) is 5.14. The lowest BCUT2D eigenvalue weighted by atomic mass is 9.87. The number of hydrogen-bond donors (Lipinski definition) is 2. The Morgan fingerprint density at radius 1 is 1.33 bits per heavy atom. The summed E-state index contributed by atoms with van der Waals surface area (Å²) in [5.41, 5.74) is 7.37. The molecule has 1 aromatic rings. The molecule has 3 N–H and O–H groups in total. The third-order valence-electron chi connectivity index (χ3n) is 2.87. The van der Waals surface area contributed by atoms with Gasteiger partial charge in [0.15, 0.2) is 5.16 Å². The van der Waals surface area contributed by atoms with Gasteiger partial charge in [-0.05, 0) is 32.8 Å². The lowest BCUT2D eigenvalue weighted by Crippen LogP contribution is -2.30. The maximum Gasteiger partial charge on any atom is 0.187 e.